The van der Waals surface area contributed by atoms with Crippen molar-refractivity contribution in [3.05, 3.63) is 59.3 Å². The fraction of sp³-hybridized carbons (Fsp3) is 0.278. The van der Waals surface area contributed by atoms with Crippen LogP contribution < -0.4 is 0 Å². The topological polar surface area (TPSA) is 47.8 Å². The van der Waals surface area contributed by atoms with Gasteiger partial charge in [-0.25, -0.2) is 4.39 Å². The molecule has 0 amide bonds. The standard InChI is InChI=1S/C18H19FN4/c1-3-23-11-13(6-17(23)9-20)10-22(2)12-16-8-14-7-15(19)4-5-18(14)21-16/h4-8,11,21H,3,10,12H2,1-2H3. The molecule has 118 valence electrons. The zero-order valence-corrected chi connectivity index (χ0v) is 13.3. The maximum atomic E-state index is 13.3. The van der Waals surface area contributed by atoms with E-state index in [2.05, 4.69) is 16.0 Å². The van der Waals surface area contributed by atoms with Crippen LogP contribution in [0, 0.1) is 17.1 Å². The summed E-state index contributed by atoms with van der Waals surface area (Å²) in [6, 6.07) is 10.9. The highest BCUT2D eigenvalue weighted by molar-refractivity contribution is 5.80. The molecule has 0 fully saturated rings. The van der Waals surface area contributed by atoms with Crippen molar-refractivity contribution in [1.29, 1.82) is 5.26 Å². The highest BCUT2D eigenvalue weighted by Gasteiger charge is 2.09. The van der Waals surface area contributed by atoms with Gasteiger partial charge in [-0.1, -0.05) is 0 Å². The van der Waals surface area contributed by atoms with Crippen molar-refractivity contribution in [3.8, 4) is 6.07 Å². The maximum absolute atomic E-state index is 13.3. The Morgan fingerprint density at radius 2 is 2.09 bits per heavy atom. The second-order valence-electron chi connectivity index (χ2n) is 5.83. The number of aryl methyl sites for hydroxylation is 1. The van der Waals surface area contributed by atoms with Crippen LogP contribution in [0.15, 0.2) is 36.5 Å². The lowest BCUT2D eigenvalue weighted by molar-refractivity contribution is 0.316. The molecule has 0 bridgehead atoms. The summed E-state index contributed by atoms with van der Waals surface area (Å²) in [7, 11) is 2.03. The van der Waals surface area contributed by atoms with E-state index in [0.29, 0.717) is 5.69 Å². The second kappa shape index (κ2) is 6.27. The molecule has 2 aromatic heterocycles. The van der Waals surface area contributed by atoms with Crippen molar-refractivity contribution < 1.29 is 4.39 Å². The molecule has 0 atom stereocenters. The van der Waals surface area contributed by atoms with Gasteiger partial charge >= 0.3 is 0 Å². The van der Waals surface area contributed by atoms with Crippen molar-refractivity contribution in [3.63, 3.8) is 0 Å². The summed E-state index contributed by atoms with van der Waals surface area (Å²) in [6.07, 6.45) is 2.02. The van der Waals surface area contributed by atoms with Crippen LogP contribution in [0.2, 0.25) is 0 Å². The van der Waals surface area contributed by atoms with E-state index in [-0.39, 0.29) is 5.82 Å². The van der Waals surface area contributed by atoms with Gasteiger partial charge in [0.25, 0.3) is 0 Å². The lowest BCUT2D eigenvalue weighted by Crippen LogP contribution is -2.17. The van der Waals surface area contributed by atoms with Gasteiger partial charge in [0.1, 0.15) is 17.6 Å². The quantitative estimate of drug-likeness (QED) is 0.782. The second-order valence-corrected chi connectivity index (χ2v) is 5.83. The van der Waals surface area contributed by atoms with E-state index in [4.69, 9.17) is 5.26 Å². The number of rotatable bonds is 5. The minimum absolute atomic E-state index is 0.221. The van der Waals surface area contributed by atoms with E-state index in [9.17, 15) is 4.39 Å². The zero-order valence-electron chi connectivity index (χ0n) is 13.3. The van der Waals surface area contributed by atoms with Gasteiger partial charge in [0, 0.05) is 42.4 Å². The van der Waals surface area contributed by atoms with Crippen LogP contribution >= 0.6 is 0 Å². The molecular formula is C18H19FN4. The lowest BCUT2D eigenvalue weighted by Gasteiger charge is -2.14. The van der Waals surface area contributed by atoms with E-state index >= 15 is 0 Å². The molecule has 0 saturated heterocycles. The number of hydrogen-bond donors (Lipinski definition) is 1. The lowest BCUT2D eigenvalue weighted by atomic mass is 10.2. The molecule has 0 unspecified atom stereocenters. The Labute approximate surface area is 134 Å². The fourth-order valence-corrected chi connectivity index (χ4v) is 2.92. The number of nitrogens with zero attached hydrogens (tertiary/aromatic N) is 3. The van der Waals surface area contributed by atoms with Crippen molar-refractivity contribution in [2.75, 3.05) is 7.05 Å². The van der Waals surface area contributed by atoms with Crippen molar-refractivity contribution in [2.45, 2.75) is 26.6 Å². The number of fused-ring (bicyclic) bond motifs is 1. The van der Waals surface area contributed by atoms with Crippen molar-refractivity contribution in [2.24, 2.45) is 0 Å². The Balaban J connectivity index is 1.72. The summed E-state index contributed by atoms with van der Waals surface area (Å²) >= 11 is 0. The maximum Gasteiger partial charge on any atom is 0.123 e. The Kier molecular flexibility index (Phi) is 4.18. The fourth-order valence-electron chi connectivity index (χ4n) is 2.92. The first-order valence-electron chi connectivity index (χ1n) is 7.64. The molecule has 0 saturated carbocycles. The molecule has 5 heteroatoms. The molecule has 0 aliphatic carbocycles. The van der Waals surface area contributed by atoms with Gasteiger partial charge in [-0.05, 0) is 49.9 Å². The molecule has 23 heavy (non-hydrogen) atoms. The molecule has 3 aromatic rings. The third kappa shape index (κ3) is 3.27. The van der Waals surface area contributed by atoms with Crippen LogP contribution in [0.5, 0.6) is 0 Å². The van der Waals surface area contributed by atoms with E-state index < -0.39 is 0 Å². The Bertz CT molecular complexity index is 869. The van der Waals surface area contributed by atoms with Gasteiger partial charge in [0.2, 0.25) is 0 Å². The molecule has 1 aromatic carbocycles. The molecule has 3 rings (SSSR count). The molecule has 0 radical (unpaired) electrons. The average Bonchev–Trinajstić information content (AvgIpc) is 3.09. The van der Waals surface area contributed by atoms with E-state index in [0.717, 1.165) is 41.8 Å². The van der Waals surface area contributed by atoms with Gasteiger partial charge in [-0.2, -0.15) is 5.26 Å². The SMILES string of the molecule is CCn1cc(CN(C)Cc2cc3cc(F)ccc3[nH]2)cc1C#N. The minimum atomic E-state index is -0.221. The van der Waals surface area contributed by atoms with Crippen LogP contribution in [0.3, 0.4) is 0 Å². The minimum Gasteiger partial charge on any atom is -0.357 e. The first-order valence-corrected chi connectivity index (χ1v) is 7.64. The Hall–Kier alpha value is -2.58. The number of aromatic nitrogens is 2. The van der Waals surface area contributed by atoms with Gasteiger partial charge in [0.05, 0.1) is 0 Å². The van der Waals surface area contributed by atoms with Gasteiger partial charge in [-0.15, -0.1) is 0 Å². The van der Waals surface area contributed by atoms with Crippen molar-refractivity contribution >= 4 is 10.9 Å². The molecule has 4 nitrogen and oxygen atoms in total. The van der Waals surface area contributed by atoms with E-state index in [1.165, 1.54) is 12.1 Å². The predicted octanol–water partition coefficient (Wildman–Crippen LogP) is 3.63. The number of H-pyrrole nitrogens is 1. The molecule has 2 heterocycles. The highest BCUT2D eigenvalue weighted by atomic mass is 19.1. The molecule has 1 N–H and O–H groups in total. The zero-order chi connectivity index (χ0) is 16.4. The first-order chi connectivity index (χ1) is 11.1. The smallest absolute Gasteiger partial charge is 0.123 e. The predicted molar refractivity (Wildman–Crippen MR) is 88.2 cm³/mol. The summed E-state index contributed by atoms with van der Waals surface area (Å²) in [5, 5.41) is 10.0. The Morgan fingerprint density at radius 1 is 1.26 bits per heavy atom. The Morgan fingerprint density at radius 3 is 2.78 bits per heavy atom. The summed E-state index contributed by atoms with van der Waals surface area (Å²) in [6.45, 7) is 4.30. The number of nitrogens with one attached hydrogen (secondary N) is 1. The van der Waals surface area contributed by atoms with Crippen LogP contribution in [0.4, 0.5) is 4.39 Å². The van der Waals surface area contributed by atoms with Crippen LogP contribution in [-0.2, 0) is 19.6 Å². The number of halogens is 1. The van der Waals surface area contributed by atoms with Gasteiger partial charge in [0.15, 0.2) is 0 Å². The average molecular weight is 310 g/mol. The largest absolute Gasteiger partial charge is 0.357 e. The normalized spacial score (nSPS) is 11.3. The van der Waals surface area contributed by atoms with E-state index in [1.807, 2.05) is 36.9 Å². The molecular weight excluding hydrogens is 291 g/mol. The van der Waals surface area contributed by atoms with Crippen LogP contribution in [0.1, 0.15) is 23.9 Å². The van der Waals surface area contributed by atoms with E-state index in [1.54, 1.807) is 6.07 Å². The summed E-state index contributed by atoms with van der Waals surface area (Å²) in [5.41, 5.74) is 3.80. The van der Waals surface area contributed by atoms with Gasteiger partial charge < -0.3 is 9.55 Å². The monoisotopic (exact) mass is 310 g/mol. The summed E-state index contributed by atoms with van der Waals surface area (Å²) < 4.78 is 15.2. The molecule has 0 spiro atoms. The van der Waals surface area contributed by atoms with Crippen molar-refractivity contribution in [1.82, 2.24) is 14.5 Å². The van der Waals surface area contributed by atoms with Crippen LogP contribution in [0.25, 0.3) is 10.9 Å². The first kappa shape index (κ1) is 15.3. The molecule has 0 aliphatic heterocycles. The summed E-state index contributed by atoms with van der Waals surface area (Å²) in [4.78, 5) is 5.48. The number of nitriles is 1. The molecule has 0 aliphatic rings. The number of hydrogen-bond acceptors (Lipinski definition) is 2. The highest BCUT2D eigenvalue weighted by Crippen LogP contribution is 2.18. The van der Waals surface area contributed by atoms with Gasteiger partial charge in [-0.3, -0.25) is 4.90 Å². The third-order valence-electron chi connectivity index (χ3n) is 3.94. The third-order valence-corrected chi connectivity index (χ3v) is 3.94. The number of benzene rings is 1. The summed E-state index contributed by atoms with van der Waals surface area (Å²) in [5.74, 6) is -0.221. The van der Waals surface area contributed by atoms with Crippen LogP contribution in [-0.4, -0.2) is 21.5 Å². The number of aromatic amines is 1.